The average molecular weight is 501 g/mol. The minimum Gasteiger partial charge on any atom is -0.422 e. The summed E-state index contributed by atoms with van der Waals surface area (Å²) in [6, 6.07) is 1.67. The number of aromatic nitrogens is 4. The molecular weight excluding hydrogens is 488 g/mol. The smallest absolute Gasteiger partial charge is 0.322 e. The fourth-order valence-corrected chi connectivity index (χ4v) is 3.54. The maximum atomic E-state index is 13.1. The number of aryl methyl sites for hydroxylation is 1. The van der Waals surface area contributed by atoms with Gasteiger partial charge in [-0.3, -0.25) is 4.68 Å². The average Bonchev–Trinajstić information content (AvgIpc) is 2.90. The molecule has 0 aliphatic heterocycles. The number of rotatable bonds is 6. The first-order chi connectivity index (χ1) is 12.7. The molecule has 0 fully saturated rings. The van der Waals surface area contributed by atoms with Gasteiger partial charge in [0.2, 0.25) is 5.92 Å². The minimum absolute atomic E-state index is 0.0545. The Bertz CT molecular complexity index is 977. The highest BCUT2D eigenvalue weighted by Gasteiger charge is 2.23. The van der Waals surface area contributed by atoms with E-state index in [-0.39, 0.29) is 30.5 Å². The molecule has 3 aromatic rings. The van der Waals surface area contributed by atoms with Crippen LogP contribution in [0.15, 0.2) is 22.9 Å². The predicted octanol–water partition coefficient (Wildman–Crippen LogP) is 6.78. The molecule has 11 heteroatoms. The Labute approximate surface area is 176 Å². The summed E-state index contributed by atoms with van der Waals surface area (Å²) >= 11 is 21.7. The van der Waals surface area contributed by atoms with Crippen LogP contribution in [-0.4, -0.2) is 25.7 Å². The summed E-state index contributed by atoms with van der Waals surface area (Å²) in [6.07, 6.45) is 2.69. The molecule has 0 spiro atoms. The van der Waals surface area contributed by atoms with E-state index < -0.39 is 5.92 Å². The van der Waals surface area contributed by atoms with Gasteiger partial charge in [-0.05, 0) is 35.3 Å². The Hall–Kier alpha value is -1.22. The molecule has 0 saturated carbocycles. The van der Waals surface area contributed by atoms with Gasteiger partial charge in [-0.25, -0.2) is 18.7 Å². The van der Waals surface area contributed by atoms with Crippen LogP contribution in [-0.2, 0) is 6.54 Å². The quantitative estimate of drug-likeness (QED) is 0.375. The number of halogens is 6. The lowest BCUT2D eigenvalue weighted by Crippen LogP contribution is -2.11. The van der Waals surface area contributed by atoms with E-state index in [1.165, 1.54) is 17.1 Å². The van der Waals surface area contributed by atoms with Gasteiger partial charge in [0.05, 0.1) is 27.8 Å². The highest BCUT2D eigenvalue weighted by molar-refractivity contribution is 9.10. The number of ether oxygens (including phenoxy) is 1. The number of fused-ring (bicyclic) bond motifs is 1. The Morgan fingerprint density at radius 1 is 1.22 bits per heavy atom. The fraction of sp³-hybridized carbons (Fsp3) is 0.312. The van der Waals surface area contributed by atoms with Crippen molar-refractivity contribution in [1.29, 1.82) is 0 Å². The van der Waals surface area contributed by atoms with Crippen LogP contribution in [0.25, 0.3) is 10.9 Å². The molecule has 0 N–H and O–H groups in total. The maximum absolute atomic E-state index is 13.1. The van der Waals surface area contributed by atoms with Crippen molar-refractivity contribution in [3.63, 3.8) is 0 Å². The lowest BCUT2D eigenvalue weighted by molar-refractivity contribution is 0.00979. The summed E-state index contributed by atoms with van der Waals surface area (Å²) in [6.45, 7) is 1.09. The van der Waals surface area contributed by atoms with Crippen LogP contribution < -0.4 is 4.74 Å². The van der Waals surface area contributed by atoms with Crippen molar-refractivity contribution in [3.05, 3.63) is 38.1 Å². The van der Waals surface area contributed by atoms with Crippen molar-refractivity contribution >= 4 is 61.6 Å². The zero-order valence-electron chi connectivity index (χ0n) is 13.8. The van der Waals surface area contributed by atoms with Gasteiger partial charge in [-0.2, -0.15) is 5.10 Å². The molecule has 0 aliphatic rings. The summed E-state index contributed by atoms with van der Waals surface area (Å²) in [7, 11) is 0. The molecule has 0 bridgehead atoms. The van der Waals surface area contributed by atoms with Crippen LogP contribution in [0.1, 0.15) is 19.8 Å². The Morgan fingerprint density at radius 3 is 2.52 bits per heavy atom. The summed E-state index contributed by atoms with van der Waals surface area (Å²) in [4.78, 5) is 7.98. The van der Waals surface area contributed by atoms with Crippen molar-refractivity contribution in [2.24, 2.45) is 0 Å². The SMILES string of the molecule is CC(F)(F)CCCn1nc(Cl)c2c(Cl)c(Br)cc(Oc3ncc(Cl)cn3)c21. The molecule has 5 nitrogen and oxygen atoms in total. The third-order valence-corrected chi connectivity index (χ3v) is 5.32. The molecule has 2 heterocycles. The molecule has 0 saturated heterocycles. The molecule has 1 aromatic carbocycles. The number of nitrogens with zero attached hydrogens (tertiary/aromatic N) is 4. The highest BCUT2D eigenvalue weighted by Crippen LogP contribution is 2.42. The van der Waals surface area contributed by atoms with Gasteiger partial charge in [-0.1, -0.05) is 34.8 Å². The van der Waals surface area contributed by atoms with Crippen LogP contribution in [0.2, 0.25) is 15.2 Å². The second-order valence-electron chi connectivity index (χ2n) is 5.87. The second kappa shape index (κ2) is 8.03. The zero-order valence-corrected chi connectivity index (χ0v) is 17.7. The zero-order chi connectivity index (χ0) is 19.8. The fourth-order valence-electron chi connectivity index (χ4n) is 2.47. The Kier molecular flexibility index (Phi) is 6.10. The van der Waals surface area contributed by atoms with Gasteiger partial charge >= 0.3 is 6.01 Å². The largest absolute Gasteiger partial charge is 0.422 e. The van der Waals surface area contributed by atoms with Crippen molar-refractivity contribution in [1.82, 2.24) is 19.7 Å². The van der Waals surface area contributed by atoms with Crippen molar-refractivity contribution in [2.45, 2.75) is 32.2 Å². The maximum Gasteiger partial charge on any atom is 0.322 e. The van der Waals surface area contributed by atoms with Crippen LogP contribution >= 0.6 is 50.7 Å². The van der Waals surface area contributed by atoms with Crippen molar-refractivity contribution in [2.75, 3.05) is 0 Å². The number of hydrogen-bond donors (Lipinski definition) is 0. The van der Waals surface area contributed by atoms with Gasteiger partial charge < -0.3 is 4.74 Å². The third-order valence-electron chi connectivity index (χ3n) is 3.61. The topological polar surface area (TPSA) is 52.8 Å². The van der Waals surface area contributed by atoms with Gasteiger partial charge in [0.15, 0.2) is 10.9 Å². The lowest BCUT2D eigenvalue weighted by atomic mass is 10.2. The summed E-state index contributed by atoms with van der Waals surface area (Å²) in [5, 5.41) is 5.50. The minimum atomic E-state index is -2.76. The monoisotopic (exact) mass is 498 g/mol. The third kappa shape index (κ3) is 4.80. The van der Waals surface area contributed by atoms with Crippen LogP contribution in [0, 0.1) is 0 Å². The summed E-state index contributed by atoms with van der Waals surface area (Å²) in [5.41, 5.74) is 0.464. The molecule has 3 rings (SSSR count). The lowest BCUT2D eigenvalue weighted by Gasteiger charge is -2.12. The van der Waals surface area contributed by atoms with E-state index in [1.54, 1.807) is 6.07 Å². The van der Waals surface area contributed by atoms with Crippen LogP contribution in [0.3, 0.4) is 0 Å². The molecule has 0 aliphatic carbocycles. The first kappa shape index (κ1) is 20.5. The molecule has 2 aromatic heterocycles. The van der Waals surface area contributed by atoms with E-state index in [4.69, 9.17) is 39.5 Å². The van der Waals surface area contributed by atoms with E-state index in [0.717, 1.165) is 6.92 Å². The molecule has 0 unspecified atom stereocenters. The van der Waals surface area contributed by atoms with E-state index in [1.807, 2.05) is 0 Å². The van der Waals surface area contributed by atoms with Crippen LogP contribution in [0.5, 0.6) is 11.8 Å². The van der Waals surface area contributed by atoms with Gasteiger partial charge in [-0.15, -0.1) is 0 Å². The van der Waals surface area contributed by atoms with Gasteiger partial charge in [0.1, 0.15) is 5.52 Å². The normalized spacial score (nSPS) is 12.0. The Morgan fingerprint density at radius 2 is 1.89 bits per heavy atom. The summed E-state index contributed by atoms with van der Waals surface area (Å²) in [5.74, 6) is -2.43. The van der Waals surface area contributed by atoms with Gasteiger partial charge in [0, 0.05) is 17.4 Å². The number of benzene rings is 1. The molecule has 0 amide bonds. The van der Waals surface area contributed by atoms with Crippen molar-refractivity contribution < 1.29 is 13.5 Å². The Balaban J connectivity index is 2.03. The van der Waals surface area contributed by atoms with Crippen LogP contribution in [0.4, 0.5) is 8.78 Å². The molecule has 27 heavy (non-hydrogen) atoms. The number of alkyl halides is 2. The van der Waals surface area contributed by atoms with E-state index in [0.29, 0.717) is 31.2 Å². The molecular formula is C16H12BrCl3F2N4O. The first-order valence-electron chi connectivity index (χ1n) is 7.73. The standard InChI is InChI=1S/C16H12BrCl3F2N4O/c1-16(21,22)3-2-4-26-13-10(27-15-23-6-8(18)7-24-15)5-9(17)12(19)11(13)14(20)25-26/h5-7H,2-4H2,1H3. The highest BCUT2D eigenvalue weighted by atomic mass is 79.9. The van der Waals surface area contributed by atoms with E-state index in [9.17, 15) is 8.78 Å². The predicted molar refractivity (Wildman–Crippen MR) is 104 cm³/mol. The van der Waals surface area contributed by atoms with E-state index >= 15 is 0 Å². The first-order valence-corrected chi connectivity index (χ1v) is 9.65. The molecule has 144 valence electrons. The second-order valence-corrected chi connectivity index (χ2v) is 7.89. The van der Waals surface area contributed by atoms with Gasteiger partial charge in [0.25, 0.3) is 0 Å². The van der Waals surface area contributed by atoms with E-state index in [2.05, 4.69) is 31.0 Å². The van der Waals surface area contributed by atoms with Crippen molar-refractivity contribution in [3.8, 4) is 11.8 Å². The molecule has 0 atom stereocenters. The molecule has 0 radical (unpaired) electrons. The number of hydrogen-bond acceptors (Lipinski definition) is 4. The summed E-state index contributed by atoms with van der Waals surface area (Å²) < 4.78 is 34.0.